The second-order valence-corrected chi connectivity index (χ2v) is 8.25. The summed E-state index contributed by atoms with van der Waals surface area (Å²) in [7, 11) is 0. The molecule has 1 aliphatic heterocycles. The summed E-state index contributed by atoms with van der Waals surface area (Å²) in [4.78, 5) is 48.1. The van der Waals surface area contributed by atoms with Crippen molar-refractivity contribution >= 4 is 23.7 Å². The van der Waals surface area contributed by atoms with E-state index in [1.807, 2.05) is 6.92 Å². The van der Waals surface area contributed by atoms with Crippen molar-refractivity contribution in [2.45, 2.75) is 39.3 Å². The van der Waals surface area contributed by atoms with Gasteiger partial charge < -0.3 is 15.0 Å². The molecule has 1 unspecified atom stereocenters. The topological polar surface area (TPSA) is 140 Å². The Balaban J connectivity index is 1.76. The number of carbonyl (C=O) groups is 3. The highest BCUT2D eigenvalue weighted by Crippen LogP contribution is 2.18. The predicted molar refractivity (Wildman–Crippen MR) is 117 cm³/mol. The van der Waals surface area contributed by atoms with E-state index in [9.17, 15) is 14.4 Å². The van der Waals surface area contributed by atoms with Crippen LogP contribution in [0.2, 0.25) is 0 Å². The molecule has 0 aromatic carbocycles. The summed E-state index contributed by atoms with van der Waals surface area (Å²) >= 11 is 0. The lowest BCUT2D eigenvalue weighted by molar-refractivity contribution is -0.114. The number of alkyl carbamates (subject to hydrolysis) is 1. The Labute approximate surface area is 192 Å². The molecule has 0 radical (unpaired) electrons. The van der Waals surface area contributed by atoms with Crippen LogP contribution in [0.15, 0.2) is 25.4 Å². The molecule has 0 bridgehead atoms. The van der Waals surface area contributed by atoms with Crippen LogP contribution in [0.3, 0.4) is 0 Å². The molecule has 0 saturated carbocycles. The quantitative estimate of drug-likeness (QED) is 0.282. The molecule has 1 fully saturated rings. The van der Waals surface area contributed by atoms with Crippen molar-refractivity contribution < 1.29 is 28.8 Å². The molecule has 0 aliphatic carbocycles. The highest BCUT2D eigenvalue weighted by atomic mass is 16.7. The first-order chi connectivity index (χ1) is 15.5. The third-order valence-corrected chi connectivity index (χ3v) is 4.14. The van der Waals surface area contributed by atoms with E-state index in [1.54, 1.807) is 31.7 Å². The molecule has 1 aromatic heterocycles. The summed E-state index contributed by atoms with van der Waals surface area (Å²) in [6.45, 7) is 15.6. The summed E-state index contributed by atoms with van der Waals surface area (Å²) in [5.41, 5.74) is 2.04. The predicted octanol–water partition coefficient (Wildman–Crippen LogP) is 1.18. The Morgan fingerprint density at radius 1 is 1.36 bits per heavy atom. The minimum atomic E-state index is -0.624. The number of hydrogen-bond acceptors (Lipinski definition) is 8. The highest BCUT2D eigenvalue weighted by Gasteiger charge is 2.36. The maximum atomic E-state index is 12.5. The van der Waals surface area contributed by atoms with Gasteiger partial charge in [-0.3, -0.25) is 14.5 Å². The number of aromatic nitrogens is 3. The first kappa shape index (κ1) is 25.8. The number of nitrogens with one attached hydrogen (secondary N) is 2. The lowest BCUT2D eigenvalue weighted by Crippen LogP contribution is -2.35. The standard InChI is InChI=1S/C20H31N7O6/c1-7-9-32-27-15(3)12-25(19(27)30)11-14(2)26-13-16(22-24-26)17(28)23-31-10-8-21-18(29)33-20(4,5)6/h7,13,15H,1-2,8-12H2,3-6H3,(H,21,29)(H,23,28). The Morgan fingerprint density at radius 2 is 2.09 bits per heavy atom. The van der Waals surface area contributed by atoms with Gasteiger partial charge in [-0.2, -0.15) is 5.06 Å². The maximum absolute atomic E-state index is 12.5. The monoisotopic (exact) mass is 465 g/mol. The van der Waals surface area contributed by atoms with Crippen molar-refractivity contribution in [1.29, 1.82) is 0 Å². The molecule has 1 aliphatic rings. The minimum Gasteiger partial charge on any atom is -0.444 e. The third kappa shape index (κ3) is 7.88. The van der Waals surface area contributed by atoms with E-state index in [0.717, 1.165) is 0 Å². The number of hydrogen-bond donors (Lipinski definition) is 2. The van der Waals surface area contributed by atoms with Crippen LogP contribution >= 0.6 is 0 Å². The number of carbonyl (C=O) groups excluding carboxylic acids is 3. The Hall–Kier alpha value is -3.45. The second kappa shape index (κ2) is 11.4. The Bertz CT molecular complexity index is 878. The summed E-state index contributed by atoms with van der Waals surface area (Å²) < 4.78 is 6.39. The van der Waals surface area contributed by atoms with E-state index in [2.05, 4.69) is 34.3 Å². The molecule has 2 heterocycles. The molecule has 13 heteroatoms. The largest absolute Gasteiger partial charge is 0.444 e. The van der Waals surface area contributed by atoms with E-state index in [1.165, 1.54) is 15.9 Å². The number of amides is 4. The van der Waals surface area contributed by atoms with Gasteiger partial charge in [-0.15, -0.1) is 11.7 Å². The van der Waals surface area contributed by atoms with Crippen LogP contribution < -0.4 is 10.8 Å². The van der Waals surface area contributed by atoms with Crippen LogP contribution in [0.4, 0.5) is 9.59 Å². The lowest BCUT2D eigenvalue weighted by Gasteiger charge is -2.19. The maximum Gasteiger partial charge on any atom is 0.407 e. The van der Waals surface area contributed by atoms with E-state index >= 15 is 0 Å². The molecular formula is C20H31N7O6. The van der Waals surface area contributed by atoms with E-state index in [-0.39, 0.29) is 44.1 Å². The average Bonchev–Trinajstić information content (AvgIpc) is 3.31. The fourth-order valence-corrected chi connectivity index (χ4v) is 2.75. The van der Waals surface area contributed by atoms with Crippen LogP contribution in [0.1, 0.15) is 38.2 Å². The number of nitrogens with zero attached hydrogens (tertiary/aromatic N) is 5. The van der Waals surface area contributed by atoms with Gasteiger partial charge in [0.15, 0.2) is 5.69 Å². The summed E-state index contributed by atoms with van der Waals surface area (Å²) in [5, 5.41) is 11.5. The zero-order valence-corrected chi connectivity index (χ0v) is 19.4. The Kier molecular flexibility index (Phi) is 8.94. The molecular weight excluding hydrogens is 434 g/mol. The molecule has 1 aromatic rings. The summed E-state index contributed by atoms with van der Waals surface area (Å²) in [6.07, 6.45) is 2.35. The normalized spacial score (nSPS) is 16.0. The third-order valence-electron chi connectivity index (χ3n) is 4.14. The van der Waals surface area contributed by atoms with Crippen molar-refractivity contribution in [3.8, 4) is 0 Å². The van der Waals surface area contributed by atoms with Crippen molar-refractivity contribution in [2.24, 2.45) is 0 Å². The van der Waals surface area contributed by atoms with Gasteiger partial charge >= 0.3 is 12.1 Å². The zero-order valence-electron chi connectivity index (χ0n) is 19.4. The molecule has 2 rings (SSSR count). The first-order valence-electron chi connectivity index (χ1n) is 10.3. The van der Waals surface area contributed by atoms with Crippen molar-refractivity contribution in [3.05, 3.63) is 31.1 Å². The molecule has 2 N–H and O–H groups in total. The van der Waals surface area contributed by atoms with Crippen molar-refractivity contribution in [3.63, 3.8) is 0 Å². The SMILES string of the molecule is C=CCON1C(=O)N(CC(=C)n2cc(C(=O)NOCCNC(=O)OC(C)(C)C)nn2)CC1C. The molecule has 4 amide bonds. The van der Waals surface area contributed by atoms with E-state index in [4.69, 9.17) is 14.4 Å². The molecule has 1 atom stereocenters. The van der Waals surface area contributed by atoms with Crippen LogP contribution in [0, 0.1) is 0 Å². The van der Waals surface area contributed by atoms with Gasteiger partial charge in [-0.05, 0) is 27.7 Å². The van der Waals surface area contributed by atoms with Crippen molar-refractivity contribution in [2.75, 3.05) is 32.8 Å². The second-order valence-electron chi connectivity index (χ2n) is 8.25. The van der Waals surface area contributed by atoms with Crippen LogP contribution in [-0.2, 0) is 14.4 Å². The van der Waals surface area contributed by atoms with Gasteiger partial charge in [-0.1, -0.05) is 17.9 Å². The highest BCUT2D eigenvalue weighted by molar-refractivity contribution is 5.91. The van der Waals surface area contributed by atoms with Crippen LogP contribution in [0.25, 0.3) is 5.70 Å². The smallest absolute Gasteiger partial charge is 0.407 e. The number of hydroxylamine groups is 3. The molecule has 13 nitrogen and oxygen atoms in total. The van der Waals surface area contributed by atoms with Gasteiger partial charge in [0.1, 0.15) is 5.60 Å². The van der Waals surface area contributed by atoms with Crippen LogP contribution in [-0.4, -0.2) is 87.5 Å². The van der Waals surface area contributed by atoms with E-state index in [0.29, 0.717) is 12.2 Å². The van der Waals surface area contributed by atoms with Gasteiger partial charge in [-0.25, -0.2) is 19.8 Å². The lowest BCUT2D eigenvalue weighted by atomic mass is 10.2. The van der Waals surface area contributed by atoms with Gasteiger partial charge in [0.05, 0.1) is 37.7 Å². The number of urea groups is 1. The minimum absolute atomic E-state index is 0.00619. The fraction of sp³-hybridized carbons (Fsp3) is 0.550. The van der Waals surface area contributed by atoms with Gasteiger partial charge in [0.25, 0.3) is 5.91 Å². The molecule has 1 saturated heterocycles. The van der Waals surface area contributed by atoms with E-state index < -0.39 is 17.6 Å². The molecule has 182 valence electrons. The molecule has 33 heavy (non-hydrogen) atoms. The van der Waals surface area contributed by atoms with Gasteiger partial charge in [0.2, 0.25) is 0 Å². The fourth-order valence-electron chi connectivity index (χ4n) is 2.75. The average molecular weight is 466 g/mol. The zero-order chi connectivity index (χ0) is 24.6. The summed E-state index contributed by atoms with van der Waals surface area (Å²) in [6, 6.07) is -0.429. The van der Waals surface area contributed by atoms with Crippen molar-refractivity contribution in [1.82, 2.24) is 35.8 Å². The van der Waals surface area contributed by atoms with Crippen LogP contribution in [0.5, 0.6) is 0 Å². The molecule has 0 spiro atoms. The summed E-state index contributed by atoms with van der Waals surface area (Å²) in [5.74, 6) is -0.624. The number of ether oxygens (including phenoxy) is 1. The first-order valence-corrected chi connectivity index (χ1v) is 10.3. The van der Waals surface area contributed by atoms with Gasteiger partial charge in [0, 0.05) is 13.1 Å². The number of rotatable bonds is 11. The Morgan fingerprint density at radius 3 is 2.76 bits per heavy atom.